The minimum absolute atomic E-state index is 0.210. The van der Waals surface area contributed by atoms with E-state index in [-0.39, 0.29) is 16.3 Å². The van der Waals surface area contributed by atoms with E-state index in [4.69, 9.17) is 15.6 Å². The number of aliphatic carboxylic acids is 1. The van der Waals surface area contributed by atoms with Crippen LogP contribution in [-0.2, 0) is 14.8 Å². The molecule has 0 unspecified atom stereocenters. The summed E-state index contributed by atoms with van der Waals surface area (Å²) in [7, 11) is -3.65. The zero-order valence-electron chi connectivity index (χ0n) is 18.8. The van der Waals surface area contributed by atoms with Crippen LogP contribution in [0.3, 0.4) is 0 Å². The van der Waals surface area contributed by atoms with Crippen LogP contribution in [0.4, 0.5) is 19.0 Å². The van der Waals surface area contributed by atoms with Gasteiger partial charge in [0.05, 0.1) is 16.8 Å². The first-order chi connectivity index (χ1) is 16.8. The van der Waals surface area contributed by atoms with Crippen molar-refractivity contribution in [1.82, 2.24) is 29.8 Å². The van der Waals surface area contributed by atoms with Crippen LogP contribution in [-0.4, -0.2) is 63.5 Å². The third kappa shape index (κ3) is 5.17. The summed E-state index contributed by atoms with van der Waals surface area (Å²) in [5.41, 5.74) is 7.70. The number of nitrogens with zero attached hydrogens (tertiary/aromatic N) is 4. The van der Waals surface area contributed by atoms with E-state index in [0.29, 0.717) is 29.7 Å². The number of nitrogens with one attached hydrogen (secondary N) is 2. The van der Waals surface area contributed by atoms with E-state index in [0.717, 1.165) is 18.4 Å². The Kier molecular flexibility index (Phi) is 6.49. The molecular weight excluding hydrogens is 503 g/mol. The van der Waals surface area contributed by atoms with Gasteiger partial charge in [-0.05, 0) is 43.5 Å². The van der Waals surface area contributed by atoms with Gasteiger partial charge in [-0.15, -0.1) is 0 Å². The van der Waals surface area contributed by atoms with Crippen molar-refractivity contribution in [3.63, 3.8) is 0 Å². The van der Waals surface area contributed by atoms with Crippen molar-refractivity contribution >= 4 is 21.8 Å². The van der Waals surface area contributed by atoms with Crippen LogP contribution >= 0.6 is 0 Å². The monoisotopic (exact) mass is 525 g/mol. The quantitative estimate of drug-likeness (QED) is 0.387. The largest absolute Gasteiger partial charge is 0.490 e. The van der Waals surface area contributed by atoms with Gasteiger partial charge in [-0.1, -0.05) is 6.07 Å². The zero-order chi connectivity index (χ0) is 26.3. The number of anilines is 1. The third-order valence-corrected chi connectivity index (χ3v) is 7.47. The van der Waals surface area contributed by atoms with Crippen LogP contribution in [0.2, 0.25) is 0 Å². The van der Waals surface area contributed by atoms with Crippen molar-refractivity contribution in [2.45, 2.75) is 42.4 Å². The molecule has 1 aliphatic carbocycles. The Morgan fingerprint density at radius 2 is 2.03 bits per heavy atom. The third-order valence-electron chi connectivity index (χ3n) is 5.89. The van der Waals surface area contributed by atoms with E-state index in [1.807, 2.05) is 6.92 Å². The fraction of sp³-hybridized carbons (Fsp3) is 0.333. The smallest absolute Gasteiger partial charge is 0.475 e. The summed E-state index contributed by atoms with van der Waals surface area (Å²) in [5.74, 6) is -2.12. The Balaban J connectivity index is 0.000000384. The van der Waals surface area contributed by atoms with Gasteiger partial charge in [0.15, 0.2) is 11.6 Å². The first kappa shape index (κ1) is 25.5. The van der Waals surface area contributed by atoms with Gasteiger partial charge in [-0.3, -0.25) is 0 Å². The van der Waals surface area contributed by atoms with Crippen LogP contribution < -0.4 is 15.8 Å². The lowest BCUT2D eigenvalue weighted by molar-refractivity contribution is -0.192. The van der Waals surface area contributed by atoms with Crippen LogP contribution in [0, 0.1) is 6.92 Å². The van der Waals surface area contributed by atoms with Crippen LogP contribution in [0.15, 0.2) is 47.8 Å². The van der Waals surface area contributed by atoms with Crippen molar-refractivity contribution in [3.05, 3.63) is 48.4 Å². The van der Waals surface area contributed by atoms with Gasteiger partial charge in [0.25, 0.3) is 0 Å². The highest BCUT2D eigenvalue weighted by Gasteiger charge is 2.52. The molecule has 36 heavy (non-hydrogen) atoms. The van der Waals surface area contributed by atoms with Crippen molar-refractivity contribution in [2.24, 2.45) is 0 Å². The zero-order valence-corrected chi connectivity index (χ0v) is 19.6. The highest BCUT2D eigenvalue weighted by Crippen LogP contribution is 2.39. The van der Waals surface area contributed by atoms with Crippen LogP contribution in [0.5, 0.6) is 0 Å². The first-order valence-corrected chi connectivity index (χ1v) is 12.1. The number of hydrogen-bond acceptors (Lipinski definition) is 8. The molecule has 6 rings (SSSR count). The highest BCUT2D eigenvalue weighted by atomic mass is 32.2. The second-order valence-corrected chi connectivity index (χ2v) is 10.2. The van der Waals surface area contributed by atoms with Gasteiger partial charge in [-0.2, -0.15) is 18.3 Å². The van der Waals surface area contributed by atoms with E-state index in [1.54, 1.807) is 42.9 Å². The standard InChI is InChI=1S/C19H21N7O2S.C2HF3O2/c1-12-3-4-14(29(27,28)25-19-8-13(9-19)22-11-19)7-15(12)16-10-21-17(20)18(24-16)26-6-2-5-23-26;3-2(4,5)1(6)7/h2-7,10,13,22,25H,8-9,11H2,1H3,(H2,20,21);(H,6,7). The predicted octanol–water partition coefficient (Wildman–Crippen LogP) is 1.64. The molecule has 2 bridgehead atoms. The summed E-state index contributed by atoms with van der Waals surface area (Å²) in [6, 6.07) is 7.23. The summed E-state index contributed by atoms with van der Waals surface area (Å²) in [5, 5.41) is 14.6. The number of halogens is 3. The lowest BCUT2D eigenvalue weighted by Gasteiger charge is -2.37. The molecule has 11 nitrogen and oxygen atoms in total. The maximum atomic E-state index is 13.0. The summed E-state index contributed by atoms with van der Waals surface area (Å²) in [6.45, 7) is 2.58. The number of aromatic nitrogens is 4. The summed E-state index contributed by atoms with van der Waals surface area (Å²) in [6.07, 6.45) is 1.48. The van der Waals surface area contributed by atoms with Gasteiger partial charge in [0, 0.05) is 36.1 Å². The maximum absolute atomic E-state index is 13.0. The summed E-state index contributed by atoms with van der Waals surface area (Å²) < 4.78 is 62.2. The number of carboxylic acids is 1. The lowest BCUT2D eigenvalue weighted by Crippen LogP contribution is -2.54. The number of hydrogen-bond donors (Lipinski definition) is 4. The van der Waals surface area contributed by atoms with Gasteiger partial charge in [0.2, 0.25) is 10.0 Å². The molecule has 2 aliphatic heterocycles. The van der Waals surface area contributed by atoms with E-state index in [9.17, 15) is 21.6 Å². The molecule has 3 aromatic rings. The molecule has 1 saturated carbocycles. The number of aryl methyl sites for hydroxylation is 1. The number of alkyl halides is 3. The van der Waals surface area contributed by atoms with Crippen LogP contribution in [0.1, 0.15) is 18.4 Å². The molecule has 15 heteroatoms. The number of fused-ring (bicyclic) bond motifs is 1. The minimum atomic E-state index is -5.08. The Morgan fingerprint density at radius 1 is 1.33 bits per heavy atom. The first-order valence-electron chi connectivity index (χ1n) is 10.6. The number of nitrogens with two attached hydrogens (primary N) is 1. The molecule has 0 spiro atoms. The van der Waals surface area contributed by atoms with Crippen molar-refractivity contribution in [3.8, 4) is 17.1 Å². The average molecular weight is 526 g/mol. The number of rotatable bonds is 5. The van der Waals surface area contributed by atoms with Crippen molar-refractivity contribution in [2.75, 3.05) is 12.3 Å². The molecule has 1 aromatic carbocycles. The van der Waals surface area contributed by atoms with E-state index < -0.39 is 22.2 Å². The topological polar surface area (TPSA) is 165 Å². The average Bonchev–Trinajstić information content (AvgIpc) is 3.52. The van der Waals surface area contributed by atoms with Gasteiger partial charge < -0.3 is 16.2 Å². The number of carbonyl (C=O) groups is 1. The van der Waals surface area contributed by atoms with Gasteiger partial charge in [0.1, 0.15) is 0 Å². The minimum Gasteiger partial charge on any atom is -0.475 e. The van der Waals surface area contributed by atoms with Gasteiger partial charge >= 0.3 is 12.1 Å². The predicted molar refractivity (Wildman–Crippen MR) is 122 cm³/mol. The molecule has 0 radical (unpaired) electrons. The van der Waals surface area contributed by atoms with E-state index in [1.165, 1.54) is 4.68 Å². The van der Waals surface area contributed by atoms with Crippen molar-refractivity contribution < 1.29 is 31.5 Å². The number of carboxylic acid groups (broad SMARTS) is 1. The van der Waals surface area contributed by atoms with E-state index in [2.05, 4.69) is 25.1 Å². The molecule has 3 fully saturated rings. The Morgan fingerprint density at radius 3 is 2.58 bits per heavy atom. The molecule has 2 aromatic heterocycles. The van der Waals surface area contributed by atoms with Crippen LogP contribution in [0.25, 0.3) is 17.1 Å². The summed E-state index contributed by atoms with van der Waals surface area (Å²) in [4.78, 5) is 17.9. The second-order valence-electron chi connectivity index (χ2n) is 8.57. The molecule has 5 N–H and O–H groups in total. The molecule has 4 heterocycles. The normalized spacial score (nSPS) is 20.8. The number of benzene rings is 1. The Bertz CT molecular complexity index is 1380. The molecule has 2 saturated heterocycles. The number of sulfonamides is 1. The van der Waals surface area contributed by atoms with Gasteiger partial charge in [-0.25, -0.2) is 32.6 Å². The molecule has 192 valence electrons. The summed E-state index contributed by atoms with van der Waals surface area (Å²) >= 11 is 0. The highest BCUT2D eigenvalue weighted by molar-refractivity contribution is 7.89. The second kappa shape index (κ2) is 9.15. The number of nitrogen functional groups attached to an aromatic ring is 1. The Hall–Kier alpha value is -3.56. The van der Waals surface area contributed by atoms with Crippen molar-refractivity contribution in [1.29, 1.82) is 0 Å². The fourth-order valence-corrected chi connectivity index (χ4v) is 5.55. The maximum Gasteiger partial charge on any atom is 0.490 e. The molecule has 3 aliphatic rings. The fourth-order valence-electron chi connectivity index (χ4n) is 4.10. The molecular formula is C21H22F3N7O4S. The Labute approximate surface area is 203 Å². The molecule has 0 atom stereocenters. The lowest BCUT2D eigenvalue weighted by atomic mass is 9.79. The van der Waals surface area contributed by atoms with E-state index >= 15 is 0 Å². The molecule has 0 amide bonds. The SMILES string of the molecule is Cc1ccc(S(=O)(=O)NC23CNC(C2)C3)cc1-c1cnc(N)c(-n2cccn2)n1.O=C(O)C(F)(F)F.